The lowest BCUT2D eigenvalue weighted by Gasteiger charge is -2.17. The van der Waals surface area contributed by atoms with E-state index in [1.165, 1.54) is 0 Å². The average Bonchev–Trinajstić information content (AvgIpc) is 2.75. The molecule has 2 N–H and O–H groups in total. The Labute approximate surface area is 117 Å². The molecule has 0 aliphatic carbocycles. The number of aliphatic hydroxyl groups excluding tert-OH is 1. The zero-order valence-electron chi connectivity index (χ0n) is 11.4. The van der Waals surface area contributed by atoms with E-state index in [1.54, 1.807) is 38.1 Å². The van der Waals surface area contributed by atoms with E-state index >= 15 is 0 Å². The predicted molar refractivity (Wildman–Crippen MR) is 75.8 cm³/mol. The number of para-hydroxylation sites is 2. The minimum Gasteiger partial charge on any atom is -0.390 e. The Morgan fingerprint density at radius 3 is 2.55 bits per heavy atom. The smallest absolute Gasteiger partial charge is 0.240 e. The number of imidazole rings is 1. The summed E-state index contributed by atoms with van der Waals surface area (Å²) in [6, 6.07) is 6.80. The highest BCUT2D eigenvalue weighted by Gasteiger charge is 2.24. The summed E-state index contributed by atoms with van der Waals surface area (Å²) >= 11 is 0. The number of rotatable bonds is 5. The lowest BCUT2D eigenvalue weighted by atomic mass is 10.1. The van der Waals surface area contributed by atoms with E-state index in [0.29, 0.717) is 11.0 Å². The molecule has 0 saturated heterocycles. The Bertz CT molecular complexity index is 714. The molecule has 0 fully saturated rings. The van der Waals surface area contributed by atoms with Crippen molar-refractivity contribution in [1.82, 2.24) is 8.96 Å². The minimum atomic E-state index is -3.69. The van der Waals surface area contributed by atoms with E-state index in [1.807, 2.05) is 0 Å². The normalized spacial score (nSPS) is 13.0. The van der Waals surface area contributed by atoms with Crippen molar-refractivity contribution in [3.63, 3.8) is 0 Å². The van der Waals surface area contributed by atoms with Crippen LogP contribution >= 0.6 is 0 Å². The van der Waals surface area contributed by atoms with Gasteiger partial charge in [-0.05, 0) is 32.4 Å². The molecule has 0 bridgehead atoms. The van der Waals surface area contributed by atoms with Crippen molar-refractivity contribution in [3.05, 3.63) is 30.1 Å². The van der Waals surface area contributed by atoms with E-state index in [2.05, 4.69) is 4.98 Å². The van der Waals surface area contributed by atoms with Crippen LogP contribution in [-0.2, 0) is 16.6 Å². The van der Waals surface area contributed by atoms with E-state index in [4.69, 9.17) is 0 Å². The SMILES string of the molecule is CC(C)(O)CCS(=O)(=O)n1c(CO)nc2ccccc21. The Balaban J connectivity index is 2.50. The standard InChI is InChI=1S/C13H18N2O4S/c1-13(2,17)7-8-20(18,19)15-11-6-4-3-5-10(11)14-12(15)9-16/h3-6,16-17H,7-9H2,1-2H3. The maximum atomic E-state index is 12.4. The fourth-order valence-electron chi connectivity index (χ4n) is 1.93. The van der Waals surface area contributed by atoms with Crippen LogP contribution in [0.25, 0.3) is 11.0 Å². The van der Waals surface area contributed by atoms with Gasteiger partial charge in [0.05, 0.1) is 22.4 Å². The van der Waals surface area contributed by atoms with Crippen molar-refractivity contribution in [3.8, 4) is 0 Å². The van der Waals surface area contributed by atoms with Gasteiger partial charge in [0.2, 0.25) is 10.0 Å². The molecule has 0 saturated carbocycles. The molecule has 0 spiro atoms. The summed E-state index contributed by atoms with van der Waals surface area (Å²) in [6.45, 7) is 2.65. The quantitative estimate of drug-likeness (QED) is 0.854. The monoisotopic (exact) mass is 298 g/mol. The number of hydrogen-bond donors (Lipinski definition) is 2. The number of benzene rings is 1. The zero-order chi connectivity index (χ0) is 15.0. The third-order valence-corrected chi connectivity index (χ3v) is 4.66. The van der Waals surface area contributed by atoms with Crippen LogP contribution in [0.3, 0.4) is 0 Å². The van der Waals surface area contributed by atoms with Crippen LogP contribution in [0.15, 0.2) is 24.3 Å². The summed E-state index contributed by atoms with van der Waals surface area (Å²) in [5.74, 6) is -0.133. The van der Waals surface area contributed by atoms with Crippen LogP contribution in [-0.4, -0.2) is 38.9 Å². The molecule has 0 aliphatic heterocycles. The fraction of sp³-hybridized carbons (Fsp3) is 0.462. The van der Waals surface area contributed by atoms with Crippen LogP contribution in [0.4, 0.5) is 0 Å². The lowest BCUT2D eigenvalue weighted by molar-refractivity contribution is 0.0771. The molecule has 0 radical (unpaired) electrons. The number of fused-ring (bicyclic) bond motifs is 1. The average molecular weight is 298 g/mol. The molecular formula is C13H18N2O4S. The Morgan fingerprint density at radius 1 is 1.30 bits per heavy atom. The third-order valence-electron chi connectivity index (χ3n) is 2.98. The van der Waals surface area contributed by atoms with E-state index in [9.17, 15) is 18.6 Å². The maximum Gasteiger partial charge on any atom is 0.240 e. The molecule has 20 heavy (non-hydrogen) atoms. The second kappa shape index (κ2) is 5.16. The molecule has 110 valence electrons. The molecule has 0 aliphatic rings. The van der Waals surface area contributed by atoms with Crippen molar-refractivity contribution in [2.75, 3.05) is 5.75 Å². The first-order valence-electron chi connectivity index (χ1n) is 6.27. The van der Waals surface area contributed by atoms with Crippen LogP contribution in [0.2, 0.25) is 0 Å². The first-order chi connectivity index (χ1) is 9.24. The van der Waals surface area contributed by atoms with Gasteiger partial charge in [0.1, 0.15) is 12.4 Å². The molecule has 0 unspecified atom stereocenters. The maximum absolute atomic E-state index is 12.4. The van der Waals surface area contributed by atoms with Crippen molar-refractivity contribution in [1.29, 1.82) is 0 Å². The van der Waals surface area contributed by atoms with Crippen LogP contribution in [0.5, 0.6) is 0 Å². The van der Waals surface area contributed by atoms with E-state index in [-0.39, 0.29) is 18.0 Å². The summed E-state index contributed by atoms with van der Waals surface area (Å²) < 4.78 is 25.9. The highest BCUT2D eigenvalue weighted by molar-refractivity contribution is 7.90. The molecule has 6 nitrogen and oxygen atoms in total. The molecule has 2 rings (SSSR count). The minimum absolute atomic E-state index is 0.0851. The Hall–Kier alpha value is -1.44. The number of aromatic nitrogens is 2. The highest BCUT2D eigenvalue weighted by atomic mass is 32.2. The predicted octanol–water partition coefficient (Wildman–Crippen LogP) is 0.867. The Kier molecular flexibility index (Phi) is 3.86. The van der Waals surface area contributed by atoms with Gasteiger partial charge in [-0.25, -0.2) is 17.4 Å². The first kappa shape index (κ1) is 15.0. The number of nitrogens with zero attached hydrogens (tertiary/aromatic N) is 2. The molecule has 2 aromatic rings. The van der Waals surface area contributed by atoms with Crippen molar-refractivity contribution >= 4 is 21.1 Å². The van der Waals surface area contributed by atoms with Gasteiger partial charge in [-0.1, -0.05) is 12.1 Å². The first-order valence-corrected chi connectivity index (χ1v) is 7.88. The van der Waals surface area contributed by atoms with Gasteiger partial charge in [-0.2, -0.15) is 0 Å². The van der Waals surface area contributed by atoms with Gasteiger partial charge >= 0.3 is 0 Å². The summed E-state index contributed by atoms with van der Waals surface area (Å²) in [5, 5.41) is 19.0. The molecule has 1 aromatic heterocycles. The van der Waals surface area contributed by atoms with Crippen LogP contribution < -0.4 is 0 Å². The second-order valence-corrected chi connectivity index (χ2v) is 7.25. The van der Waals surface area contributed by atoms with E-state index in [0.717, 1.165) is 3.97 Å². The summed E-state index contributed by atoms with van der Waals surface area (Å²) in [7, 11) is -3.69. The largest absolute Gasteiger partial charge is 0.390 e. The summed E-state index contributed by atoms with van der Waals surface area (Å²) in [5.41, 5.74) is -0.112. The number of aliphatic hydroxyl groups is 2. The van der Waals surface area contributed by atoms with Gasteiger partial charge in [0.25, 0.3) is 0 Å². The third kappa shape index (κ3) is 3.00. The lowest BCUT2D eigenvalue weighted by Crippen LogP contribution is -2.27. The van der Waals surface area contributed by atoms with Gasteiger partial charge < -0.3 is 10.2 Å². The summed E-state index contributed by atoms with van der Waals surface area (Å²) in [6.07, 6.45) is 0.104. The molecule has 1 heterocycles. The second-order valence-electron chi connectivity index (χ2n) is 5.32. The highest BCUT2D eigenvalue weighted by Crippen LogP contribution is 2.20. The molecule has 0 atom stereocenters. The van der Waals surface area contributed by atoms with Gasteiger partial charge in [0, 0.05) is 0 Å². The fourth-order valence-corrected chi connectivity index (χ4v) is 3.75. The number of hydrogen-bond acceptors (Lipinski definition) is 5. The molecule has 0 amide bonds. The van der Waals surface area contributed by atoms with Gasteiger partial charge in [0.15, 0.2) is 0 Å². The zero-order valence-corrected chi connectivity index (χ0v) is 12.3. The van der Waals surface area contributed by atoms with E-state index < -0.39 is 22.2 Å². The summed E-state index contributed by atoms with van der Waals surface area (Å²) in [4.78, 5) is 4.11. The van der Waals surface area contributed by atoms with Crippen molar-refractivity contribution < 1.29 is 18.6 Å². The van der Waals surface area contributed by atoms with Crippen LogP contribution in [0.1, 0.15) is 26.1 Å². The topological polar surface area (TPSA) is 92.4 Å². The molecule has 1 aromatic carbocycles. The molecule has 7 heteroatoms. The van der Waals surface area contributed by atoms with Gasteiger partial charge in [-0.3, -0.25) is 0 Å². The van der Waals surface area contributed by atoms with Crippen molar-refractivity contribution in [2.24, 2.45) is 0 Å². The van der Waals surface area contributed by atoms with Gasteiger partial charge in [-0.15, -0.1) is 0 Å². The van der Waals surface area contributed by atoms with Crippen LogP contribution in [0, 0.1) is 0 Å². The molecular weight excluding hydrogens is 280 g/mol. The Morgan fingerprint density at radius 2 is 1.95 bits per heavy atom. The van der Waals surface area contributed by atoms with Crippen molar-refractivity contribution in [2.45, 2.75) is 32.5 Å².